The fraction of sp³-hybridized carbons (Fsp3) is 0.421. The smallest absolute Gasteiger partial charge is 0.269 e. The van der Waals surface area contributed by atoms with E-state index >= 15 is 0 Å². The second-order valence-electron chi connectivity index (χ2n) is 6.53. The van der Waals surface area contributed by atoms with Crippen LogP contribution in [0.5, 0.6) is 11.5 Å². The molecular formula is C19H23N3O4S. The lowest BCUT2D eigenvalue weighted by molar-refractivity contribution is -0.116. The summed E-state index contributed by atoms with van der Waals surface area (Å²) in [4.78, 5) is 29.5. The number of nitrogens with one attached hydrogen (secondary N) is 1. The van der Waals surface area contributed by atoms with Gasteiger partial charge in [-0.3, -0.25) is 9.59 Å². The number of hydrogen-bond acceptors (Lipinski definition) is 6. The highest BCUT2D eigenvalue weighted by Gasteiger charge is 2.33. The number of aromatic hydroxyl groups is 1. The van der Waals surface area contributed by atoms with E-state index in [9.17, 15) is 14.7 Å². The molecule has 144 valence electrons. The molecule has 1 aromatic heterocycles. The van der Waals surface area contributed by atoms with Crippen molar-refractivity contribution < 1.29 is 14.6 Å². The maximum atomic E-state index is 12.9. The van der Waals surface area contributed by atoms with Crippen molar-refractivity contribution in [3.63, 3.8) is 0 Å². The largest absolute Gasteiger partial charge is 0.508 e. The Morgan fingerprint density at radius 1 is 1.33 bits per heavy atom. The van der Waals surface area contributed by atoms with Crippen LogP contribution in [0.15, 0.2) is 23.0 Å². The fourth-order valence-electron chi connectivity index (χ4n) is 3.23. The summed E-state index contributed by atoms with van der Waals surface area (Å²) in [6.07, 6.45) is 2.27. The van der Waals surface area contributed by atoms with Crippen molar-refractivity contribution in [1.29, 1.82) is 0 Å². The maximum absolute atomic E-state index is 12.9. The molecule has 1 aliphatic rings. The van der Waals surface area contributed by atoms with Gasteiger partial charge >= 0.3 is 0 Å². The van der Waals surface area contributed by atoms with Crippen LogP contribution in [0.25, 0.3) is 0 Å². The topological polar surface area (TPSA) is 93.5 Å². The predicted octanol–water partition coefficient (Wildman–Crippen LogP) is 2.86. The Hall–Kier alpha value is -2.48. The monoisotopic (exact) mass is 389 g/mol. The van der Waals surface area contributed by atoms with Gasteiger partial charge in [-0.15, -0.1) is 0 Å². The standard InChI is InChI=1S/C19H23N3O4S/c1-3-5-15-20-18-17(19(25)22(15)27)13(10-16(24)21-18)12-7-6-11(9-14(12)23)26-8-4-2/h6-7,9,13,23,27H,3-5,8,10H2,1-2H3,(H,21,24). The van der Waals surface area contributed by atoms with Crippen molar-refractivity contribution in [3.8, 4) is 11.5 Å². The molecule has 0 saturated heterocycles. The number of thiol groups is 1. The summed E-state index contributed by atoms with van der Waals surface area (Å²) in [5.41, 5.74) is 0.495. The molecule has 1 atom stereocenters. The molecule has 2 heterocycles. The lowest BCUT2D eigenvalue weighted by Crippen LogP contribution is -2.34. The minimum Gasteiger partial charge on any atom is -0.508 e. The molecule has 0 fully saturated rings. The zero-order chi connectivity index (χ0) is 19.6. The number of anilines is 1. The molecule has 0 bridgehead atoms. The first-order valence-electron chi connectivity index (χ1n) is 9.06. The number of ether oxygens (including phenoxy) is 1. The molecule has 2 N–H and O–H groups in total. The van der Waals surface area contributed by atoms with Crippen LogP contribution in [0, 0.1) is 0 Å². The van der Waals surface area contributed by atoms with Gasteiger partial charge in [0.2, 0.25) is 5.91 Å². The van der Waals surface area contributed by atoms with E-state index in [0.29, 0.717) is 35.7 Å². The molecule has 0 aliphatic carbocycles. The molecule has 3 rings (SSSR count). The summed E-state index contributed by atoms with van der Waals surface area (Å²) < 4.78 is 6.75. The Morgan fingerprint density at radius 3 is 2.78 bits per heavy atom. The quantitative estimate of drug-likeness (QED) is 0.661. The van der Waals surface area contributed by atoms with Gasteiger partial charge in [0, 0.05) is 30.4 Å². The lowest BCUT2D eigenvalue weighted by atomic mass is 9.86. The highest BCUT2D eigenvalue weighted by Crippen LogP contribution is 2.39. The van der Waals surface area contributed by atoms with E-state index in [2.05, 4.69) is 23.1 Å². The normalized spacial score (nSPS) is 16.0. The molecule has 0 radical (unpaired) electrons. The summed E-state index contributed by atoms with van der Waals surface area (Å²) >= 11 is 4.28. The van der Waals surface area contributed by atoms with Crippen molar-refractivity contribution in [3.05, 3.63) is 45.5 Å². The van der Waals surface area contributed by atoms with Crippen LogP contribution in [-0.4, -0.2) is 26.6 Å². The van der Waals surface area contributed by atoms with Crippen molar-refractivity contribution in [2.24, 2.45) is 0 Å². The predicted molar refractivity (Wildman–Crippen MR) is 106 cm³/mol. The molecule has 27 heavy (non-hydrogen) atoms. The lowest BCUT2D eigenvalue weighted by Gasteiger charge is -2.26. The molecule has 7 nitrogen and oxygen atoms in total. The third-order valence-electron chi connectivity index (χ3n) is 4.48. The summed E-state index contributed by atoms with van der Waals surface area (Å²) in [6, 6.07) is 4.93. The van der Waals surface area contributed by atoms with Crippen molar-refractivity contribution in [2.75, 3.05) is 11.9 Å². The summed E-state index contributed by atoms with van der Waals surface area (Å²) in [5.74, 6) is 0.435. The first-order valence-corrected chi connectivity index (χ1v) is 9.46. The average Bonchev–Trinajstić information content (AvgIpc) is 2.63. The van der Waals surface area contributed by atoms with Crippen molar-refractivity contribution in [2.45, 2.75) is 45.4 Å². The summed E-state index contributed by atoms with van der Waals surface area (Å²) in [5, 5.41) is 13.2. The molecule has 8 heteroatoms. The number of carbonyl (C=O) groups excluding carboxylic acids is 1. The van der Waals surface area contributed by atoms with Crippen LogP contribution in [0.4, 0.5) is 5.82 Å². The fourth-order valence-corrected chi connectivity index (χ4v) is 3.48. The molecule has 0 saturated carbocycles. The number of benzene rings is 1. The average molecular weight is 389 g/mol. The van der Waals surface area contributed by atoms with E-state index < -0.39 is 5.92 Å². The van der Waals surface area contributed by atoms with Gasteiger partial charge in [-0.2, -0.15) is 0 Å². The number of hydrogen-bond donors (Lipinski definition) is 3. The minimum absolute atomic E-state index is 0.0167. The van der Waals surface area contributed by atoms with Gasteiger partial charge in [-0.1, -0.05) is 32.7 Å². The Morgan fingerprint density at radius 2 is 2.11 bits per heavy atom. The minimum atomic E-state index is -0.594. The van der Waals surface area contributed by atoms with Gasteiger partial charge in [-0.25, -0.2) is 8.96 Å². The van der Waals surface area contributed by atoms with Crippen LogP contribution in [0.1, 0.15) is 56.0 Å². The number of fused-ring (bicyclic) bond motifs is 1. The number of phenolic OH excluding ortho intramolecular Hbond substituents is 1. The van der Waals surface area contributed by atoms with Gasteiger partial charge < -0.3 is 15.2 Å². The van der Waals surface area contributed by atoms with E-state index in [-0.39, 0.29) is 29.5 Å². The number of carbonyl (C=O) groups is 1. The van der Waals surface area contributed by atoms with Gasteiger partial charge in [0.25, 0.3) is 5.56 Å². The molecule has 1 amide bonds. The van der Waals surface area contributed by atoms with E-state index in [1.807, 2.05) is 13.8 Å². The van der Waals surface area contributed by atoms with E-state index in [0.717, 1.165) is 12.8 Å². The van der Waals surface area contributed by atoms with Crippen molar-refractivity contribution in [1.82, 2.24) is 8.96 Å². The summed E-state index contributed by atoms with van der Waals surface area (Å²) in [7, 11) is 0. The van der Waals surface area contributed by atoms with Crippen molar-refractivity contribution >= 4 is 24.5 Å². The van der Waals surface area contributed by atoms with Crippen LogP contribution in [-0.2, 0) is 11.2 Å². The SMILES string of the molecule is CCCOc1ccc(C2CC(=O)Nc3nc(CCC)n(S)c(=O)c32)c(O)c1. The highest BCUT2D eigenvalue weighted by molar-refractivity contribution is 7.78. The van der Waals surface area contributed by atoms with E-state index in [4.69, 9.17) is 4.74 Å². The van der Waals surface area contributed by atoms with Crippen LogP contribution in [0.2, 0.25) is 0 Å². The first kappa shape index (κ1) is 19.3. The first-order chi connectivity index (χ1) is 13.0. The molecule has 0 spiro atoms. The van der Waals surface area contributed by atoms with Gasteiger partial charge in [0.05, 0.1) is 12.2 Å². The molecule has 1 aliphatic heterocycles. The molecule has 1 aromatic carbocycles. The third kappa shape index (κ3) is 3.80. The number of amides is 1. The van der Waals surface area contributed by atoms with Crippen LogP contribution >= 0.6 is 12.8 Å². The Labute approximate surface area is 162 Å². The zero-order valence-electron chi connectivity index (χ0n) is 15.4. The Balaban J connectivity index is 2.08. The summed E-state index contributed by atoms with van der Waals surface area (Å²) in [6.45, 7) is 4.51. The van der Waals surface area contributed by atoms with Gasteiger partial charge in [0.1, 0.15) is 23.1 Å². The van der Waals surface area contributed by atoms with Gasteiger partial charge in [0.15, 0.2) is 0 Å². The number of nitrogens with zero attached hydrogens (tertiary/aromatic N) is 2. The Kier molecular flexibility index (Phi) is 5.74. The van der Waals surface area contributed by atoms with E-state index in [1.165, 1.54) is 10.0 Å². The second-order valence-corrected chi connectivity index (χ2v) is 6.93. The Bertz CT molecular complexity index is 926. The van der Waals surface area contributed by atoms with Crippen LogP contribution < -0.4 is 15.6 Å². The molecule has 2 aromatic rings. The third-order valence-corrected chi connectivity index (χ3v) is 4.90. The zero-order valence-corrected chi connectivity index (χ0v) is 16.3. The molecular weight excluding hydrogens is 366 g/mol. The van der Waals surface area contributed by atoms with Gasteiger partial charge in [-0.05, 0) is 18.9 Å². The maximum Gasteiger partial charge on any atom is 0.269 e. The molecule has 1 unspecified atom stereocenters. The van der Waals surface area contributed by atoms with E-state index in [1.54, 1.807) is 12.1 Å². The number of phenols is 1. The number of aryl methyl sites for hydroxylation is 1. The van der Waals surface area contributed by atoms with Crippen LogP contribution in [0.3, 0.4) is 0 Å². The number of rotatable bonds is 6. The number of aromatic nitrogens is 2. The highest BCUT2D eigenvalue weighted by atomic mass is 32.1. The second kappa shape index (κ2) is 8.04.